The molecule has 0 spiro atoms. The van der Waals surface area contributed by atoms with Crippen molar-refractivity contribution in [3.8, 4) is 0 Å². The van der Waals surface area contributed by atoms with Crippen LogP contribution in [0.5, 0.6) is 0 Å². The predicted molar refractivity (Wildman–Crippen MR) is 125 cm³/mol. The van der Waals surface area contributed by atoms with Crippen LogP contribution in [0.4, 0.5) is 4.39 Å². The van der Waals surface area contributed by atoms with Crippen LogP contribution in [0.15, 0.2) is 36.4 Å². The lowest BCUT2D eigenvalue weighted by molar-refractivity contribution is -0.199. The van der Waals surface area contributed by atoms with E-state index in [2.05, 4.69) is 29.9 Å². The molecule has 5 nitrogen and oxygen atoms in total. The third-order valence-electron chi connectivity index (χ3n) is 6.63. The van der Waals surface area contributed by atoms with Crippen LogP contribution in [0.2, 0.25) is 0 Å². The van der Waals surface area contributed by atoms with E-state index in [-0.39, 0.29) is 30.2 Å². The Morgan fingerprint density at radius 3 is 2.88 bits per heavy atom. The maximum Gasteiger partial charge on any atom is 0.305 e. The minimum atomic E-state index is -0.925. The van der Waals surface area contributed by atoms with Crippen LogP contribution in [-0.4, -0.2) is 44.9 Å². The molecular formula is C27H39FO5. The van der Waals surface area contributed by atoms with Gasteiger partial charge in [-0.05, 0) is 51.0 Å². The number of alkyl halides is 1. The number of halogens is 1. The summed E-state index contributed by atoms with van der Waals surface area (Å²) in [5.41, 5.74) is 2.33. The fourth-order valence-electron chi connectivity index (χ4n) is 4.79. The molecule has 0 radical (unpaired) electrons. The molecule has 1 aromatic rings. The van der Waals surface area contributed by atoms with Gasteiger partial charge in [-0.3, -0.25) is 4.79 Å². The highest BCUT2D eigenvalue weighted by Crippen LogP contribution is 2.40. The van der Waals surface area contributed by atoms with Crippen molar-refractivity contribution < 1.29 is 28.1 Å². The van der Waals surface area contributed by atoms with Gasteiger partial charge in [-0.25, -0.2) is 4.39 Å². The number of benzene rings is 1. The Balaban J connectivity index is 1.55. The molecule has 1 saturated heterocycles. The van der Waals surface area contributed by atoms with Crippen LogP contribution >= 0.6 is 0 Å². The zero-order valence-corrected chi connectivity index (χ0v) is 20.0. The first-order valence-electron chi connectivity index (χ1n) is 12.3. The second-order valence-corrected chi connectivity index (χ2v) is 9.23. The van der Waals surface area contributed by atoms with E-state index in [1.54, 1.807) is 0 Å². The SMILES string of the molecule is COC(=O)CCC/C=C\C[C@H]1[C@H](COCc2cccc(C)c2)[C@@H](OC2CCCCO2)C[C@@H]1F. The van der Waals surface area contributed by atoms with Gasteiger partial charge in [0.15, 0.2) is 6.29 Å². The van der Waals surface area contributed by atoms with Crippen molar-refractivity contribution in [3.63, 3.8) is 0 Å². The van der Waals surface area contributed by atoms with Gasteiger partial charge in [0, 0.05) is 31.3 Å². The third kappa shape index (κ3) is 8.51. The van der Waals surface area contributed by atoms with E-state index >= 15 is 4.39 Å². The predicted octanol–water partition coefficient (Wildman–Crippen LogP) is 5.69. The normalized spacial score (nSPS) is 27.8. The number of carbonyl (C=O) groups excluding carboxylic acids is 1. The molecule has 6 heteroatoms. The summed E-state index contributed by atoms with van der Waals surface area (Å²) in [5, 5.41) is 0. The molecule has 1 aliphatic carbocycles. The zero-order valence-electron chi connectivity index (χ0n) is 20.0. The Bertz CT molecular complexity index is 746. The molecule has 0 N–H and O–H groups in total. The Hall–Kier alpha value is -1.76. The van der Waals surface area contributed by atoms with Gasteiger partial charge < -0.3 is 18.9 Å². The first-order chi connectivity index (χ1) is 16.1. The number of hydrogen-bond acceptors (Lipinski definition) is 5. The van der Waals surface area contributed by atoms with Gasteiger partial charge in [-0.1, -0.05) is 42.0 Å². The number of carbonyl (C=O) groups is 1. The summed E-state index contributed by atoms with van der Waals surface area (Å²) in [6.45, 7) is 3.75. The number of esters is 1. The first-order valence-corrected chi connectivity index (χ1v) is 12.3. The van der Waals surface area contributed by atoms with Crippen LogP contribution in [0.25, 0.3) is 0 Å². The van der Waals surface area contributed by atoms with E-state index in [9.17, 15) is 4.79 Å². The van der Waals surface area contributed by atoms with Gasteiger partial charge >= 0.3 is 5.97 Å². The molecule has 0 bridgehead atoms. The molecule has 0 aromatic heterocycles. The van der Waals surface area contributed by atoms with Gasteiger partial charge in [-0.15, -0.1) is 0 Å². The topological polar surface area (TPSA) is 54.0 Å². The van der Waals surface area contributed by atoms with E-state index in [1.807, 2.05) is 18.2 Å². The number of ether oxygens (including phenoxy) is 4. The smallest absolute Gasteiger partial charge is 0.305 e. The van der Waals surface area contributed by atoms with Crippen molar-refractivity contribution in [2.45, 2.75) is 83.5 Å². The summed E-state index contributed by atoms with van der Waals surface area (Å²) in [4.78, 5) is 11.2. The quantitative estimate of drug-likeness (QED) is 0.227. The lowest BCUT2D eigenvalue weighted by atomic mass is 9.91. The van der Waals surface area contributed by atoms with Crippen LogP contribution < -0.4 is 0 Å². The average molecular weight is 463 g/mol. The molecule has 1 unspecified atom stereocenters. The molecule has 33 heavy (non-hydrogen) atoms. The summed E-state index contributed by atoms with van der Waals surface area (Å²) in [6.07, 6.45) is 8.70. The van der Waals surface area contributed by atoms with Crippen molar-refractivity contribution in [2.24, 2.45) is 11.8 Å². The number of rotatable bonds is 12. The molecular weight excluding hydrogens is 423 g/mol. The summed E-state index contributed by atoms with van der Waals surface area (Å²) in [5.74, 6) is -0.359. The summed E-state index contributed by atoms with van der Waals surface area (Å²) < 4.78 is 37.9. The van der Waals surface area contributed by atoms with Crippen LogP contribution in [0, 0.1) is 18.8 Å². The molecule has 0 amide bonds. The van der Waals surface area contributed by atoms with Gasteiger partial charge in [-0.2, -0.15) is 0 Å². The number of allylic oxidation sites excluding steroid dienone is 2. The zero-order chi connectivity index (χ0) is 23.5. The van der Waals surface area contributed by atoms with Crippen LogP contribution in [-0.2, 0) is 30.3 Å². The Labute approximate surface area is 197 Å². The average Bonchev–Trinajstić information content (AvgIpc) is 3.10. The summed E-state index contributed by atoms with van der Waals surface area (Å²) in [6, 6.07) is 8.26. The van der Waals surface area contributed by atoms with Crippen molar-refractivity contribution in [2.75, 3.05) is 20.3 Å². The molecule has 1 saturated carbocycles. The monoisotopic (exact) mass is 462 g/mol. The number of hydrogen-bond donors (Lipinski definition) is 0. The molecule has 5 atom stereocenters. The van der Waals surface area contributed by atoms with Gasteiger partial charge in [0.25, 0.3) is 0 Å². The minimum Gasteiger partial charge on any atom is -0.469 e. The summed E-state index contributed by atoms with van der Waals surface area (Å²) in [7, 11) is 1.40. The maximum atomic E-state index is 15.1. The van der Waals surface area contributed by atoms with Crippen molar-refractivity contribution in [1.82, 2.24) is 0 Å². The Kier molecular flexibility index (Phi) is 10.8. The maximum absolute atomic E-state index is 15.1. The summed E-state index contributed by atoms with van der Waals surface area (Å²) >= 11 is 0. The standard InChI is InChI=1S/C27H39FO5/c1-20-10-9-11-21(16-20)18-31-19-23-22(12-5-3-4-6-13-26(29)30-2)24(28)17-25(23)33-27-14-7-8-15-32-27/h3,5,9-11,16,22-25,27H,4,6-8,12-15,17-19H2,1-2H3/b5-3-/t22-,23-,24-,25-,27?/m0/s1. The van der Waals surface area contributed by atoms with E-state index in [4.69, 9.17) is 14.2 Å². The number of aryl methyl sites for hydroxylation is 1. The van der Waals surface area contributed by atoms with Gasteiger partial charge in [0.1, 0.15) is 6.17 Å². The molecule has 2 aliphatic rings. The van der Waals surface area contributed by atoms with E-state index in [0.29, 0.717) is 39.1 Å². The van der Waals surface area contributed by atoms with E-state index in [0.717, 1.165) is 37.7 Å². The Morgan fingerprint density at radius 2 is 2.12 bits per heavy atom. The second kappa shape index (κ2) is 13.8. The highest BCUT2D eigenvalue weighted by atomic mass is 19.1. The number of unbranched alkanes of at least 4 members (excludes halogenated alkanes) is 1. The van der Waals surface area contributed by atoms with Crippen molar-refractivity contribution in [3.05, 3.63) is 47.5 Å². The van der Waals surface area contributed by atoms with Gasteiger partial charge in [0.05, 0.1) is 26.4 Å². The van der Waals surface area contributed by atoms with Crippen molar-refractivity contribution >= 4 is 5.97 Å². The highest BCUT2D eigenvalue weighted by molar-refractivity contribution is 5.69. The molecule has 3 rings (SSSR count). The third-order valence-corrected chi connectivity index (χ3v) is 6.63. The molecule has 1 aromatic carbocycles. The van der Waals surface area contributed by atoms with Crippen LogP contribution in [0.1, 0.15) is 62.5 Å². The molecule has 1 heterocycles. The molecule has 2 fully saturated rings. The minimum absolute atomic E-state index is 0.0185. The Morgan fingerprint density at radius 1 is 1.24 bits per heavy atom. The molecule has 184 valence electrons. The van der Waals surface area contributed by atoms with Crippen molar-refractivity contribution in [1.29, 1.82) is 0 Å². The lowest BCUT2D eigenvalue weighted by Gasteiger charge is -2.30. The lowest BCUT2D eigenvalue weighted by Crippen LogP contribution is -2.33. The van der Waals surface area contributed by atoms with Crippen LogP contribution in [0.3, 0.4) is 0 Å². The van der Waals surface area contributed by atoms with E-state index in [1.165, 1.54) is 12.7 Å². The molecule has 1 aliphatic heterocycles. The second-order valence-electron chi connectivity index (χ2n) is 9.23. The van der Waals surface area contributed by atoms with E-state index < -0.39 is 6.17 Å². The largest absolute Gasteiger partial charge is 0.469 e. The fourth-order valence-corrected chi connectivity index (χ4v) is 4.79. The first kappa shape index (κ1) is 25.9. The fraction of sp³-hybridized carbons (Fsp3) is 0.667. The number of methoxy groups -OCH3 is 1. The van der Waals surface area contributed by atoms with Gasteiger partial charge in [0.2, 0.25) is 0 Å². The highest BCUT2D eigenvalue weighted by Gasteiger charge is 2.44.